The van der Waals surface area contributed by atoms with E-state index in [1.807, 2.05) is 0 Å². The van der Waals surface area contributed by atoms with Gasteiger partial charge in [0.1, 0.15) is 0 Å². The molecule has 1 rings (SSSR count). The Morgan fingerprint density at radius 2 is 2.56 bits per heavy atom. The number of hydrogen-bond donors (Lipinski definition) is 1. The molecule has 1 saturated heterocycles. The van der Waals surface area contributed by atoms with Crippen LogP contribution < -0.4 is 5.32 Å². The Morgan fingerprint density at radius 1 is 1.78 bits per heavy atom. The molecule has 1 heterocycles. The highest BCUT2D eigenvalue weighted by Gasteiger charge is 2.16. The summed E-state index contributed by atoms with van der Waals surface area (Å²) in [6.45, 7) is 5.75. The van der Waals surface area contributed by atoms with Gasteiger partial charge in [-0.3, -0.25) is 0 Å². The molecule has 0 bridgehead atoms. The van der Waals surface area contributed by atoms with Crippen molar-refractivity contribution in [3.63, 3.8) is 0 Å². The monoisotopic (exact) mass is 240 g/mol. The lowest BCUT2D eigenvalue weighted by Crippen LogP contribution is -2.45. The van der Waals surface area contributed by atoms with E-state index in [9.17, 15) is 0 Å². The molecular weight excluding hydrogens is 227 g/mol. The molecule has 0 radical (unpaired) electrons. The normalized spacial score (nSPS) is 30.7. The van der Waals surface area contributed by atoms with Gasteiger partial charge in [-0.15, -0.1) is 0 Å². The van der Waals surface area contributed by atoms with Crippen LogP contribution in [0.25, 0.3) is 0 Å². The molecule has 0 aromatic carbocycles. The molecule has 0 unspecified atom stereocenters. The molecule has 0 aromatic heterocycles. The summed E-state index contributed by atoms with van der Waals surface area (Å²) in [7, 11) is 0. The van der Waals surface area contributed by atoms with Crippen LogP contribution in [0.5, 0.6) is 0 Å². The maximum atomic E-state index is 3.37. The first kappa shape index (κ1) is 7.75. The highest BCUT2D eigenvalue weighted by atomic mass is 127. The number of halogens is 1. The van der Waals surface area contributed by atoms with Crippen LogP contribution in [-0.2, 0) is 0 Å². The van der Waals surface area contributed by atoms with Crippen molar-refractivity contribution in [2.45, 2.75) is 19.4 Å². The van der Waals surface area contributed by atoms with Gasteiger partial charge in [0.15, 0.2) is 0 Å². The van der Waals surface area contributed by atoms with Gasteiger partial charge in [0, 0.05) is 48.5 Å². The summed E-state index contributed by atoms with van der Waals surface area (Å²) in [4.78, 5) is 0. The largest absolute Gasteiger partial charge is 0.314 e. The Morgan fingerprint density at radius 3 is 3.00 bits per heavy atom. The second-order valence-electron chi connectivity index (χ2n) is 2.39. The summed E-state index contributed by atoms with van der Waals surface area (Å²) in [6.07, 6.45) is 1.26. The molecule has 1 aliphatic rings. The molecule has 54 valence electrons. The summed E-state index contributed by atoms with van der Waals surface area (Å²) in [5.41, 5.74) is 0. The second-order valence-corrected chi connectivity index (χ2v) is 3.63. The van der Waals surface area contributed by atoms with Gasteiger partial charge in [-0.05, 0) is 6.42 Å². The summed E-state index contributed by atoms with van der Waals surface area (Å²) < 4.78 is 2.40. The van der Waals surface area contributed by atoms with Crippen molar-refractivity contribution in [1.29, 1.82) is 0 Å². The predicted octanol–water partition coefficient (Wildman–Crippen LogP) is 1.02. The van der Waals surface area contributed by atoms with Crippen molar-refractivity contribution < 1.29 is 0 Å². The molecule has 3 heteroatoms. The Labute approximate surface area is 70.5 Å². The van der Waals surface area contributed by atoms with Gasteiger partial charge in [-0.1, -0.05) is 6.92 Å². The maximum Gasteiger partial charge on any atom is 0.0316 e. The van der Waals surface area contributed by atoms with Gasteiger partial charge in [0.2, 0.25) is 0 Å². The predicted molar refractivity (Wildman–Crippen MR) is 47.7 cm³/mol. The summed E-state index contributed by atoms with van der Waals surface area (Å²) in [5, 5.41) is 3.37. The average molecular weight is 240 g/mol. The number of nitrogens with one attached hydrogen (secondary N) is 1. The minimum Gasteiger partial charge on any atom is -0.314 e. The van der Waals surface area contributed by atoms with E-state index in [-0.39, 0.29) is 0 Å². The first-order valence-corrected chi connectivity index (χ1v) is 4.44. The van der Waals surface area contributed by atoms with Crippen molar-refractivity contribution in [1.82, 2.24) is 8.43 Å². The summed E-state index contributed by atoms with van der Waals surface area (Å²) >= 11 is 2.41. The van der Waals surface area contributed by atoms with Gasteiger partial charge < -0.3 is 5.32 Å². The van der Waals surface area contributed by atoms with Gasteiger partial charge in [-0.25, -0.2) is 3.11 Å². The van der Waals surface area contributed by atoms with Gasteiger partial charge in [0.05, 0.1) is 0 Å². The minimum atomic E-state index is 0.763. The Balaban J connectivity index is 2.30. The van der Waals surface area contributed by atoms with Crippen LogP contribution in [-0.4, -0.2) is 28.8 Å². The molecule has 1 aliphatic heterocycles. The zero-order valence-corrected chi connectivity index (χ0v) is 7.89. The molecule has 0 aromatic rings. The topological polar surface area (TPSA) is 15.3 Å². The highest BCUT2D eigenvalue weighted by molar-refractivity contribution is 14.1. The van der Waals surface area contributed by atoms with Crippen molar-refractivity contribution >= 4 is 22.9 Å². The first-order valence-electron chi connectivity index (χ1n) is 3.47. The third-order valence-corrected chi connectivity index (χ3v) is 3.02. The van der Waals surface area contributed by atoms with Crippen LogP contribution in [0.1, 0.15) is 13.3 Å². The fourth-order valence-electron chi connectivity index (χ4n) is 1.08. The lowest BCUT2D eigenvalue weighted by atomic mass is 10.2. The zero-order chi connectivity index (χ0) is 6.69. The first-order chi connectivity index (χ1) is 4.34. The minimum absolute atomic E-state index is 0.763. The molecule has 1 N–H and O–H groups in total. The van der Waals surface area contributed by atoms with E-state index in [1.165, 1.54) is 19.5 Å². The Kier molecular flexibility index (Phi) is 3.21. The van der Waals surface area contributed by atoms with Crippen LogP contribution >= 0.6 is 22.9 Å². The quantitative estimate of drug-likeness (QED) is 0.543. The van der Waals surface area contributed by atoms with E-state index in [2.05, 4.69) is 38.2 Å². The molecule has 1 fully saturated rings. The highest BCUT2D eigenvalue weighted by Crippen LogP contribution is 2.11. The summed E-state index contributed by atoms with van der Waals surface area (Å²) in [5.74, 6) is 0. The third-order valence-electron chi connectivity index (χ3n) is 1.75. The van der Waals surface area contributed by atoms with Crippen LogP contribution in [0, 0.1) is 0 Å². The lowest BCUT2D eigenvalue weighted by molar-refractivity contribution is 0.308. The Hall–Kier alpha value is 0.650. The third kappa shape index (κ3) is 2.05. The fraction of sp³-hybridized carbons (Fsp3) is 1.00. The molecule has 0 spiro atoms. The Bertz CT molecular complexity index is 87.1. The van der Waals surface area contributed by atoms with Crippen LogP contribution in [0.3, 0.4) is 0 Å². The van der Waals surface area contributed by atoms with Gasteiger partial charge in [-0.2, -0.15) is 0 Å². The molecule has 0 saturated carbocycles. The van der Waals surface area contributed by atoms with Crippen molar-refractivity contribution in [3.05, 3.63) is 0 Å². The second kappa shape index (κ2) is 3.73. The average Bonchev–Trinajstić information content (AvgIpc) is 1.89. The smallest absolute Gasteiger partial charge is 0.0316 e. The number of hydrogen-bond acceptors (Lipinski definition) is 2. The van der Waals surface area contributed by atoms with E-state index in [0.29, 0.717) is 0 Å². The van der Waals surface area contributed by atoms with E-state index in [4.69, 9.17) is 0 Å². The molecule has 1 atom stereocenters. The number of nitrogens with zero attached hydrogens (tertiary/aromatic N) is 1. The number of rotatable bonds is 1. The SMILES string of the molecule is CC[C@@H]1CNCCN1I. The maximum absolute atomic E-state index is 3.37. The molecule has 0 aliphatic carbocycles. The van der Waals surface area contributed by atoms with Crippen LogP contribution in [0.2, 0.25) is 0 Å². The van der Waals surface area contributed by atoms with Gasteiger partial charge >= 0.3 is 0 Å². The zero-order valence-electron chi connectivity index (χ0n) is 5.73. The number of piperazine rings is 1. The molecule has 0 amide bonds. The van der Waals surface area contributed by atoms with Crippen molar-refractivity contribution in [3.8, 4) is 0 Å². The summed E-state index contributed by atoms with van der Waals surface area (Å²) in [6, 6.07) is 0.763. The molecular formula is C6H13IN2. The van der Waals surface area contributed by atoms with E-state index >= 15 is 0 Å². The van der Waals surface area contributed by atoms with Crippen molar-refractivity contribution in [2.75, 3.05) is 19.6 Å². The van der Waals surface area contributed by atoms with Gasteiger partial charge in [0.25, 0.3) is 0 Å². The fourth-order valence-corrected chi connectivity index (χ4v) is 1.91. The lowest BCUT2D eigenvalue weighted by Gasteiger charge is -2.30. The van der Waals surface area contributed by atoms with E-state index in [1.54, 1.807) is 0 Å². The molecule has 9 heavy (non-hydrogen) atoms. The van der Waals surface area contributed by atoms with E-state index < -0.39 is 0 Å². The molecule has 2 nitrogen and oxygen atoms in total. The van der Waals surface area contributed by atoms with E-state index in [0.717, 1.165) is 12.6 Å². The standard InChI is InChI=1S/C6H13IN2/c1-2-6-5-8-3-4-9(6)7/h6,8H,2-5H2,1H3/t6-/m1/s1. The van der Waals surface area contributed by atoms with Crippen LogP contribution in [0.15, 0.2) is 0 Å². The van der Waals surface area contributed by atoms with Crippen molar-refractivity contribution in [2.24, 2.45) is 0 Å². The van der Waals surface area contributed by atoms with Crippen LogP contribution in [0.4, 0.5) is 0 Å².